The van der Waals surface area contributed by atoms with E-state index in [-0.39, 0.29) is 6.04 Å². The van der Waals surface area contributed by atoms with Crippen molar-refractivity contribution in [1.29, 1.82) is 0 Å². The number of piperidine rings is 1. The molecule has 4 nitrogen and oxygen atoms in total. The lowest BCUT2D eigenvalue weighted by Crippen LogP contribution is -2.54. The maximum atomic E-state index is 12.1. The third-order valence-electron chi connectivity index (χ3n) is 4.59. The number of hydrogen-bond acceptors (Lipinski definition) is 3. The molecule has 90 valence electrons. The van der Waals surface area contributed by atoms with Crippen LogP contribution in [0.4, 0.5) is 0 Å². The van der Waals surface area contributed by atoms with Gasteiger partial charge in [0.15, 0.2) is 0 Å². The van der Waals surface area contributed by atoms with Gasteiger partial charge in [-0.25, -0.2) is 0 Å². The second-order valence-corrected chi connectivity index (χ2v) is 5.63. The number of rotatable bonds is 1. The van der Waals surface area contributed by atoms with E-state index in [1.165, 1.54) is 12.8 Å². The number of amides is 1. The molecule has 0 radical (unpaired) electrons. The summed E-state index contributed by atoms with van der Waals surface area (Å²) in [6.07, 6.45) is 5.67. The molecular formula is C12H21N3O. The fraction of sp³-hybridized carbons (Fsp3) is 0.917. The van der Waals surface area contributed by atoms with Gasteiger partial charge in [0.2, 0.25) is 5.91 Å². The molecule has 3 aliphatic heterocycles. The van der Waals surface area contributed by atoms with Gasteiger partial charge in [-0.05, 0) is 32.1 Å². The third-order valence-corrected chi connectivity index (χ3v) is 4.59. The maximum absolute atomic E-state index is 12.1. The zero-order valence-corrected chi connectivity index (χ0v) is 9.93. The van der Waals surface area contributed by atoms with Crippen LogP contribution in [-0.2, 0) is 4.79 Å². The van der Waals surface area contributed by atoms with Crippen LogP contribution in [0.2, 0.25) is 0 Å². The highest BCUT2D eigenvalue weighted by atomic mass is 16.2. The second kappa shape index (κ2) is 3.70. The summed E-state index contributed by atoms with van der Waals surface area (Å²) >= 11 is 0. The minimum absolute atomic E-state index is 0.162. The summed E-state index contributed by atoms with van der Waals surface area (Å²) in [6, 6.07) is 1.68. The van der Waals surface area contributed by atoms with Gasteiger partial charge in [-0.1, -0.05) is 0 Å². The number of hydrogen-bond donors (Lipinski definition) is 1. The molecule has 3 rings (SSSR count). The minimum atomic E-state index is 0.162. The standard InChI is InChI=1S/C12H21N3O/c1-14-5-4-11(12(14)16)15-9-2-3-10(15)7-8(13)6-9/h8-11H,2-7,13H2,1H3. The molecule has 0 aliphatic carbocycles. The average Bonchev–Trinajstić information content (AvgIpc) is 2.69. The van der Waals surface area contributed by atoms with Gasteiger partial charge in [-0.3, -0.25) is 9.69 Å². The van der Waals surface area contributed by atoms with E-state index in [1.54, 1.807) is 0 Å². The van der Waals surface area contributed by atoms with E-state index in [9.17, 15) is 4.79 Å². The molecule has 16 heavy (non-hydrogen) atoms. The molecule has 3 fully saturated rings. The number of nitrogens with two attached hydrogens (primary N) is 1. The van der Waals surface area contributed by atoms with Gasteiger partial charge in [-0.15, -0.1) is 0 Å². The summed E-state index contributed by atoms with van der Waals surface area (Å²) in [7, 11) is 1.92. The summed E-state index contributed by atoms with van der Waals surface area (Å²) in [5, 5.41) is 0. The number of carbonyl (C=O) groups is 1. The molecule has 2 bridgehead atoms. The summed E-state index contributed by atoms with van der Waals surface area (Å²) in [5.41, 5.74) is 6.06. The lowest BCUT2D eigenvalue weighted by molar-refractivity contribution is -0.132. The van der Waals surface area contributed by atoms with Gasteiger partial charge in [0, 0.05) is 31.7 Å². The van der Waals surface area contributed by atoms with E-state index in [4.69, 9.17) is 5.73 Å². The van der Waals surface area contributed by atoms with Crippen LogP contribution >= 0.6 is 0 Å². The topological polar surface area (TPSA) is 49.6 Å². The third kappa shape index (κ3) is 1.47. The molecule has 2 N–H and O–H groups in total. The van der Waals surface area contributed by atoms with E-state index >= 15 is 0 Å². The monoisotopic (exact) mass is 223 g/mol. The minimum Gasteiger partial charge on any atom is -0.344 e. The number of likely N-dealkylation sites (N-methyl/N-ethyl adjacent to an activating group) is 1. The number of carbonyl (C=O) groups excluding carboxylic acids is 1. The Balaban J connectivity index is 1.79. The van der Waals surface area contributed by atoms with Crippen LogP contribution in [0, 0.1) is 0 Å². The summed E-state index contributed by atoms with van der Waals surface area (Å²) < 4.78 is 0. The van der Waals surface area contributed by atoms with E-state index in [0.717, 1.165) is 25.8 Å². The van der Waals surface area contributed by atoms with Crippen molar-refractivity contribution >= 4 is 5.91 Å². The fourth-order valence-corrected chi connectivity index (χ4v) is 3.84. The Morgan fingerprint density at radius 3 is 2.31 bits per heavy atom. The molecule has 3 saturated heterocycles. The van der Waals surface area contributed by atoms with Crippen molar-refractivity contribution in [3.05, 3.63) is 0 Å². The molecule has 0 spiro atoms. The first-order valence-corrected chi connectivity index (χ1v) is 6.45. The molecule has 0 aromatic heterocycles. The van der Waals surface area contributed by atoms with Crippen molar-refractivity contribution in [1.82, 2.24) is 9.80 Å². The summed E-state index contributed by atoms with van der Waals surface area (Å²) in [5.74, 6) is 0.326. The first kappa shape index (κ1) is 10.5. The van der Waals surface area contributed by atoms with E-state index in [2.05, 4.69) is 4.90 Å². The molecule has 0 saturated carbocycles. The first-order valence-electron chi connectivity index (χ1n) is 6.45. The highest BCUT2D eigenvalue weighted by Crippen LogP contribution is 2.38. The number of nitrogens with zero attached hydrogens (tertiary/aromatic N) is 2. The lowest BCUT2D eigenvalue weighted by atomic mass is 9.96. The Morgan fingerprint density at radius 2 is 1.81 bits per heavy atom. The molecule has 1 amide bonds. The number of likely N-dealkylation sites (tertiary alicyclic amines) is 1. The highest BCUT2D eigenvalue weighted by molar-refractivity contribution is 5.83. The van der Waals surface area contributed by atoms with E-state index in [1.807, 2.05) is 11.9 Å². The van der Waals surface area contributed by atoms with Gasteiger partial charge in [0.1, 0.15) is 0 Å². The van der Waals surface area contributed by atoms with E-state index < -0.39 is 0 Å². The van der Waals surface area contributed by atoms with Crippen LogP contribution in [-0.4, -0.2) is 53.5 Å². The Hall–Kier alpha value is -0.610. The van der Waals surface area contributed by atoms with Gasteiger partial charge in [0.25, 0.3) is 0 Å². The largest absolute Gasteiger partial charge is 0.344 e. The average molecular weight is 223 g/mol. The Kier molecular flexibility index (Phi) is 2.44. The summed E-state index contributed by atoms with van der Waals surface area (Å²) in [4.78, 5) is 16.4. The Labute approximate surface area is 96.8 Å². The van der Waals surface area contributed by atoms with Crippen molar-refractivity contribution in [3.8, 4) is 0 Å². The van der Waals surface area contributed by atoms with Gasteiger partial charge in [0.05, 0.1) is 6.04 Å². The molecule has 4 heteroatoms. The molecule has 0 aromatic carbocycles. The zero-order valence-electron chi connectivity index (χ0n) is 9.93. The lowest BCUT2D eigenvalue weighted by Gasteiger charge is -2.40. The van der Waals surface area contributed by atoms with Crippen molar-refractivity contribution < 1.29 is 4.79 Å². The Bertz CT molecular complexity index is 293. The van der Waals surface area contributed by atoms with Crippen LogP contribution in [0.25, 0.3) is 0 Å². The van der Waals surface area contributed by atoms with Crippen LogP contribution < -0.4 is 5.73 Å². The van der Waals surface area contributed by atoms with Crippen molar-refractivity contribution in [2.75, 3.05) is 13.6 Å². The van der Waals surface area contributed by atoms with Gasteiger partial charge < -0.3 is 10.6 Å². The zero-order chi connectivity index (χ0) is 11.3. The molecule has 3 aliphatic rings. The normalized spacial score (nSPS) is 44.4. The molecular weight excluding hydrogens is 202 g/mol. The van der Waals surface area contributed by atoms with E-state index in [0.29, 0.717) is 24.0 Å². The van der Waals surface area contributed by atoms with Crippen LogP contribution in [0.3, 0.4) is 0 Å². The number of fused-ring (bicyclic) bond motifs is 2. The molecule has 3 unspecified atom stereocenters. The predicted octanol–water partition coefficient (Wildman–Crippen LogP) is 0.171. The molecule has 0 aromatic rings. The van der Waals surface area contributed by atoms with Crippen LogP contribution in [0.1, 0.15) is 32.1 Å². The highest BCUT2D eigenvalue weighted by Gasteiger charge is 2.47. The predicted molar refractivity (Wildman–Crippen MR) is 61.9 cm³/mol. The fourth-order valence-electron chi connectivity index (χ4n) is 3.84. The molecule has 3 heterocycles. The van der Waals surface area contributed by atoms with Crippen molar-refractivity contribution in [2.45, 2.75) is 56.3 Å². The Morgan fingerprint density at radius 1 is 1.19 bits per heavy atom. The summed E-state index contributed by atoms with van der Waals surface area (Å²) in [6.45, 7) is 0.922. The van der Waals surface area contributed by atoms with Crippen LogP contribution in [0.15, 0.2) is 0 Å². The van der Waals surface area contributed by atoms with Gasteiger partial charge >= 0.3 is 0 Å². The van der Waals surface area contributed by atoms with Crippen LogP contribution in [0.5, 0.6) is 0 Å². The smallest absolute Gasteiger partial charge is 0.239 e. The maximum Gasteiger partial charge on any atom is 0.239 e. The SMILES string of the molecule is CN1CCC(N2C3CCC2CC(N)C3)C1=O. The second-order valence-electron chi connectivity index (χ2n) is 5.63. The van der Waals surface area contributed by atoms with Crippen molar-refractivity contribution in [2.24, 2.45) is 5.73 Å². The first-order chi connectivity index (χ1) is 7.66. The van der Waals surface area contributed by atoms with Gasteiger partial charge in [-0.2, -0.15) is 0 Å². The molecule has 3 atom stereocenters. The van der Waals surface area contributed by atoms with Crippen molar-refractivity contribution in [3.63, 3.8) is 0 Å². The quantitative estimate of drug-likeness (QED) is 0.689.